The maximum absolute atomic E-state index is 13.9. The lowest BCUT2D eigenvalue weighted by atomic mass is 9.96. The van der Waals surface area contributed by atoms with E-state index in [1.807, 2.05) is 0 Å². The average molecular weight is 576 g/mol. The number of benzene rings is 1. The third-order valence-corrected chi connectivity index (χ3v) is 7.51. The van der Waals surface area contributed by atoms with Gasteiger partial charge in [-0.25, -0.2) is 14.1 Å². The lowest BCUT2D eigenvalue weighted by molar-refractivity contribution is -0.149. The van der Waals surface area contributed by atoms with Crippen molar-refractivity contribution < 1.29 is 38.1 Å². The first kappa shape index (κ1) is 29.2. The van der Waals surface area contributed by atoms with E-state index in [1.165, 1.54) is 29.8 Å². The van der Waals surface area contributed by atoms with Gasteiger partial charge in [-0.3, -0.25) is 9.32 Å². The number of nitrogens with one attached hydrogen (secondary N) is 1. The molecule has 0 bridgehead atoms. The van der Waals surface area contributed by atoms with Crippen LogP contribution in [-0.2, 0) is 23.4 Å². The van der Waals surface area contributed by atoms with Gasteiger partial charge in [-0.15, -0.1) is 11.5 Å². The molecule has 0 amide bonds. The van der Waals surface area contributed by atoms with Gasteiger partial charge in [0.2, 0.25) is 5.95 Å². The minimum absolute atomic E-state index is 0.0199. The Labute approximate surface area is 229 Å². The number of hydrogen-bond donors (Lipinski definition) is 5. The Kier molecular flexibility index (Phi) is 8.31. The van der Waals surface area contributed by atoms with Crippen LogP contribution in [0.2, 0.25) is 0 Å². The molecule has 1 fully saturated rings. The van der Waals surface area contributed by atoms with Crippen molar-refractivity contribution >= 4 is 31.1 Å². The Bertz CT molecular complexity index is 1460. The smallest absolute Gasteiger partial charge is 0.459 e. The number of rotatable bonds is 10. The van der Waals surface area contributed by atoms with E-state index in [0.717, 1.165) is 0 Å². The summed E-state index contributed by atoms with van der Waals surface area (Å²) in [5.41, 5.74) is 9.83. The zero-order valence-electron chi connectivity index (χ0n) is 21.9. The van der Waals surface area contributed by atoms with Gasteiger partial charge in [0, 0.05) is 0 Å². The average Bonchev–Trinajstić information content (AvgIpc) is 3.42. The molecule has 1 aromatic carbocycles. The van der Waals surface area contributed by atoms with Crippen LogP contribution in [0, 0.1) is 12.3 Å². The molecule has 16 heteroatoms. The Morgan fingerprint density at radius 2 is 2.00 bits per heavy atom. The molecule has 2 aromatic heterocycles. The van der Waals surface area contributed by atoms with Crippen molar-refractivity contribution in [3.63, 3.8) is 0 Å². The van der Waals surface area contributed by atoms with Crippen LogP contribution in [0.5, 0.6) is 5.75 Å². The molecule has 1 unspecified atom stereocenters. The van der Waals surface area contributed by atoms with Crippen molar-refractivity contribution in [1.29, 1.82) is 0 Å². The van der Waals surface area contributed by atoms with Crippen LogP contribution in [0.4, 0.5) is 11.8 Å². The first-order valence-electron chi connectivity index (χ1n) is 12.1. The Morgan fingerprint density at radius 3 is 2.65 bits per heavy atom. The molecule has 0 aliphatic carbocycles. The largest absolute Gasteiger partial charge is 0.462 e. The highest BCUT2D eigenvalue weighted by Crippen LogP contribution is 2.48. The van der Waals surface area contributed by atoms with Crippen molar-refractivity contribution in [3.8, 4) is 18.1 Å². The second-order valence-corrected chi connectivity index (χ2v) is 11.0. The van der Waals surface area contributed by atoms with E-state index in [1.54, 1.807) is 32.0 Å². The fourth-order valence-corrected chi connectivity index (χ4v) is 5.49. The van der Waals surface area contributed by atoms with Crippen molar-refractivity contribution in [2.45, 2.75) is 56.8 Å². The number of anilines is 2. The highest BCUT2D eigenvalue weighted by molar-refractivity contribution is 7.52. The van der Waals surface area contributed by atoms with Crippen molar-refractivity contribution in [1.82, 2.24) is 24.7 Å². The van der Waals surface area contributed by atoms with E-state index >= 15 is 0 Å². The van der Waals surface area contributed by atoms with Gasteiger partial charge in [0.1, 0.15) is 36.7 Å². The maximum Gasteiger partial charge on any atom is 0.459 e. The number of imidazole rings is 1. The van der Waals surface area contributed by atoms with E-state index in [-0.39, 0.29) is 28.9 Å². The molecule has 0 radical (unpaired) electrons. The second kappa shape index (κ2) is 11.4. The number of para-hydroxylation sites is 1. The van der Waals surface area contributed by atoms with Crippen LogP contribution >= 0.6 is 7.75 Å². The van der Waals surface area contributed by atoms with Crippen LogP contribution in [0.3, 0.4) is 0 Å². The summed E-state index contributed by atoms with van der Waals surface area (Å²) in [7, 11) is -4.37. The van der Waals surface area contributed by atoms with Gasteiger partial charge >= 0.3 is 13.7 Å². The number of nitrogens with zero attached hydrogens (tertiary/aromatic N) is 4. The summed E-state index contributed by atoms with van der Waals surface area (Å²) in [6, 6.07) is 6.93. The third kappa shape index (κ3) is 5.87. The zero-order valence-corrected chi connectivity index (χ0v) is 22.8. The number of aliphatic hydroxyl groups excluding tert-OH is 2. The number of ether oxygens (including phenoxy) is 2. The van der Waals surface area contributed by atoms with E-state index in [2.05, 4.69) is 26.1 Å². The number of nitrogen functional groups attached to an aromatic ring is 2. The minimum atomic E-state index is -4.37. The fourth-order valence-electron chi connectivity index (χ4n) is 3.97. The Hall–Kier alpha value is -3.77. The van der Waals surface area contributed by atoms with Crippen molar-refractivity contribution in [2.75, 3.05) is 18.1 Å². The number of carbonyl (C=O) groups excluding carboxylic acids is 1. The topological polar surface area (TPSA) is 219 Å². The summed E-state index contributed by atoms with van der Waals surface area (Å²) in [4.78, 5) is 20.4. The highest BCUT2D eigenvalue weighted by Gasteiger charge is 2.56. The number of carbonyl (C=O) groups is 1. The summed E-state index contributed by atoms with van der Waals surface area (Å²) < 4.78 is 37.4. The van der Waals surface area contributed by atoms with E-state index in [0.29, 0.717) is 0 Å². The molecule has 40 heavy (non-hydrogen) atoms. The van der Waals surface area contributed by atoms with E-state index < -0.39 is 56.4 Å². The van der Waals surface area contributed by atoms with Gasteiger partial charge in [0.05, 0.1) is 18.0 Å². The maximum atomic E-state index is 13.9. The summed E-state index contributed by atoms with van der Waals surface area (Å²) in [6.45, 7) is 4.02. The normalized spacial score (nSPS) is 24.9. The molecule has 15 nitrogen and oxygen atoms in total. The third-order valence-electron chi connectivity index (χ3n) is 5.89. The molecule has 4 rings (SSSR count). The van der Waals surface area contributed by atoms with Gasteiger partial charge < -0.3 is 35.7 Å². The van der Waals surface area contributed by atoms with Gasteiger partial charge in [-0.1, -0.05) is 24.1 Å². The molecule has 1 aliphatic heterocycles. The quantitative estimate of drug-likeness (QED) is 0.127. The number of aliphatic hydroxyl groups is 2. The standard InChI is InChI=1S/C24H30N7O8P/c1-5-24(19(33)17(32)18(38-24)16-11-27-21-20(25)28-23(26)29-31(16)21)12-36-40(35,39-15-9-7-6-8-10-15)30-14(4)22(34)37-13(2)3/h1,6-11,13-14,17-19,32-33H,12H2,2-4H3,(H,30,35)(H4,25,26,28,29)/t14-,17?,18-,19+,24+,40-/m0/s1. The van der Waals surface area contributed by atoms with Gasteiger partial charge in [0.15, 0.2) is 17.1 Å². The van der Waals surface area contributed by atoms with Crippen LogP contribution in [-0.4, -0.2) is 72.3 Å². The van der Waals surface area contributed by atoms with Gasteiger partial charge in [0.25, 0.3) is 0 Å². The Balaban J connectivity index is 1.61. The van der Waals surface area contributed by atoms with Gasteiger partial charge in [-0.05, 0) is 32.9 Å². The molecule has 1 aliphatic rings. The highest BCUT2D eigenvalue weighted by atomic mass is 31.2. The second-order valence-electron chi connectivity index (χ2n) is 9.29. The summed E-state index contributed by atoms with van der Waals surface area (Å²) in [5, 5.41) is 28.5. The molecular weight excluding hydrogens is 545 g/mol. The number of terminal acetylenes is 1. The predicted octanol–water partition coefficient (Wildman–Crippen LogP) is 0.587. The number of esters is 1. The molecule has 3 aromatic rings. The van der Waals surface area contributed by atoms with Crippen LogP contribution < -0.4 is 21.1 Å². The SMILES string of the molecule is C#C[C@]1(CO[P@@](=O)(N[C@@H](C)C(=O)OC(C)C)Oc2ccccc2)O[C@@H](c2cnc3c(N)nc(N)nn23)C(O)[C@H]1O. The van der Waals surface area contributed by atoms with Crippen molar-refractivity contribution in [2.24, 2.45) is 0 Å². The number of hydrogen-bond acceptors (Lipinski definition) is 13. The van der Waals surface area contributed by atoms with Crippen LogP contribution in [0.25, 0.3) is 5.65 Å². The van der Waals surface area contributed by atoms with Crippen LogP contribution in [0.15, 0.2) is 36.5 Å². The summed E-state index contributed by atoms with van der Waals surface area (Å²) in [6.07, 6.45) is 2.03. The van der Waals surface area contributed by atoms with Gasteiger partial charge in [-0.2, -0.15) is 10.1 Å². The van der Waals surface area contributed by atoms with Crippen LogP contribution in [0.1, 0.15) is 32.6 Å². The monoisotopic (exact) mass is 575 g/mol. The molecule has 3 heterocycles. The Morgan fingerprint density at radius 1 is 1.30 bits per heavy atom. The summed E-state index contributed by atoms with van der Waals surface area (Å²) in [5.74, 6) is 1.56. The summed E-state index contributed by atoms with van der Waals surface area (Å²) >= 11 is 0. The number of nitrogens with two attached hydrogens (primary N) is 2. The first-order chi connectivity index (χ1) is 18.9. The van der Waals surface area contributed by atoms with E-state index in [9.17, 15) is 19.6 Å². The lowest BCUT2D eigenvalue weighted by Gasteiger charge is -2.29. The fraction of sp³-hybridized carbons (Fsp3) is 0.417. The first-order valence-corrected chi connectivity index (χ1v) is 13.7. The van der Waals surface area contributed by atoms with Crippen molar-refractivity contribution in [3.05, 3.63) is 42.2 Å². The number of fused-ring (bicyclic) bond motifs is 1. The molecule has 6 atom stereocenters. The minimum Gasteiger partial charge on any atom is -0.462 e. The zero-order chi connectivity index (χ0) is 29.2. The number of aromatic nitrogens is 4. The van der Waals surface area contributed by atoms with E-state index in [4.69, 9.17) is 36.4 Å². The predicted molar refractivity (Wildman–Crippen MR) is 141 cm³/mol. The molecular formula is C24H30N7O8P. The molecule has 214 valence electrons. The molecule has 7 N–H and O–H groups in total. The lowest BCUT2D eigenvalue weighted by Crippen LogP contribution is -2.46. The molecule has 0 saturated carbocycles. The molecule has 0 spiro atoms. The molecule has 1 saturated heterocycles.